The normalized spacial score (nSPS) is 17.7. The van der Waals surface area contributed by atoms with Crippen LogP contribution in [0.25, 0.3) is 0 Å². The molecule has 0 aliphatic carbocycles. The lowest BCUT2D eigenvalue weighted by Crippen LogP contribution is -2.41. The highest BCUT2D eigenvalue weighted by atomic mass is 16.4. The Balaban J connectivity index is 1.97. The molecular formula is C16H24N2O2. The molecule has 2 N–H and O–H groups in total. The fourth-order valence-electron chi connectivity index (χ4n) is 2.74. The highest BCUT2D eigenvalue weighted by Crippen LogP contribution is 2.18. The molecule has 0 bridgehead atoms. The molecule has 0 amide bonds. The lowest BCUT2D eigenvalue weighted by molar-refractivity contribution is 0.0697. The average Bonchev–Trinajstić information content (AvgIpc) is 2.46. The zero-order valence-electron chi connectivity index (χ0n) is 12.4. The highest BCUT2D eigenvalue weighted by molar-refractivity contribution is 5.94. The summed E-state index contributed by atoms with van der Waals surface area (Å²) in [6.45, 7) is 7.20. The van der Waals surface area contributed by atoms with Crippen molar-refractivity contribution >= 4 is 11.7 Å². The van der Waals surface area contributed by atoms with Gasteiger partial charge >= 0.3 is 5.97 Å². The van der Waals surface area contributed by atoms with Gasteiger partial charge in [-0.3, -0.25) is 4.90 Å². The first kappa shape index (κ1) is 14.9. The standard InChI is InChI=1S/C16H24N2O2/c1-12-6-7-15(14(10-12)16(19)20)17-11-13(2)18-8-4-3-5-9-18/h6-7,10,13,17H,3-5,8-9,11H2,1-2H3,(H,19,20). The SMILES string of the molecule is Cc1ccc(NCC(C)N2CCCCC2)c(C(=O)O)c1. The molecular weight excluding hydrogens is 252 g/mol. The van der Waals surface area contributed by atoms with Gasteiger partial charge in [0.2, 0.25) is 0 Å². The number of anilines is 1. The quantitative estimate of drug-likeness (QED) is 0.868. The number of aromatic carboxylic acids is 1. The maximum absolute atomic E-state index is 11.3. The van der Waals surface area contributed by atoms with Crippen LogP contribution in [-0.4, -0.2) is 41.7 Å². The monoisotopic (exact) mass is 276 g/mol. The molecule has 0 spiro atoms. The Labute approximate surface area is 120 Å². The van der Waals surface area contributed by atoms with E-state index in [4.69, 9.17) is 0 Å². The van der Waals surface area contributed by atoms with Gasteiger partial charge in [0.15, 0.2) is 0 Å². The van der Waals surface area contributed by atoms with Crippen LogP contribution in [0.2, 0.25) is 0 Å². The van der Waals surface area contributed by atoms with E-state index in [1.165, 1.54) is 19.3 Å². The molecule has 1 atom stereocenters. The van der Waals surface area contributed by atoms with Crippen molar-refractivity contribution in [2.45, 2.75) is 39.2 Å². The van der Waals surface area contributed by atoms with Crippen molar-refractivity contribution in [1.29, 1.82) is 0 Å². The smallest absolute Gasteiger partial charge is 0.337 e. The van der Waals surface area contributed by atoms with E-state index >= 15 is 0 Å². The summed E-state index contributed by atoms with van der Waals surface area (Å²) >= 11 is 0. The Morgan fingerprint density at radius 2 is 2.05 bits per heavy atom. The first-order chi connectivity index (χ1) is 9.58. The summed E-state index contributed by atoms with van der Waals surface area (Å²) in [7, 11) is 0. The second kappa shape index (κ2) is 6.75. The van der Waals surface area contributed by atoms with E-state index in [1.54, 1.807) is 6.07 Å². The van der Waals surface area contributed by atoms with E-state index < -0.39 is 5.97 Å². The third kappa shape index (κ3) is 3.73. The summed E-state index contributed by atoms with van der Waals surface area (Å²) in [5, 5.41) is 12.6. The molecule has 1 saturated heterocycles. The Morgan fingerprint density at radius 1 is 1.35 bits per heavy atom. The van der Waals surface area contributed by atoms with Gasteiger partial charge in [-0.05, 0) is 51.9 Å². The van der Waals surface area contributed by atoms with Gasteiger partial charge in [-0.25, -0.2) is 4.79 Å². The van der Waals surface area contributed by atoms with Gasteiger partial charge in [0.1, 0.15) is 0 Å². The topological polar surface area (TPSA) is 52.6 Å². The first-order valence-corrected chi connectivity index (χ1v) is 7.40. The van der Waals surface area contributed by atoms with E-state index in [0.29, 0.717) is 17.3 Å². The van der Waals surface area contributed by atoms with Crippen LogP contribution in [0.4, 0.5) is 5.69 Å². The molecule has 110 valence electrons. The lowest BCUT2D eigenvalue weighted by atomic mass is 10.1. The van der Waals surface area contributed by atoms with Gasteiger partial charge in [0.25, 0.3) is 0 Å². The number of carboxylic acid groups (broad SMARTS) is 1. The van der Waals surface area contributed by atoms with Crippen LogP contribution in [0.5, 0.6) is 0 Å². The Kier molecular flexibility index (Phi) is 5.01. The molecule has 1 unspecified atom stereocenters. The highest BCUT2D eigenvalue weighted by Gasteiger charge is 2.17. The Hall–Kier alpha value is -1.55. The van der Waals surface area contributed by atoms with Gasteiger partial charge in [-0.15, -0.1) is 0 Å². The van der Waals surface area contributed by atoms with Gasteiger partial charge < -0.3 is 10.4 Å². The summed E-state index contributed by atoms with van der Waals surface area (Å²) in [5.41, 5.74) is 2.04. The number of hydrogen-bond donors (Lipinski definition) is 2. The second-order valence-electron chi connectivity index (χ2n) is 5.68. The average molecular weight is 276 g/mol. The van der Waals surface area contributed by atoms with Crippen molar-refractivity contribution < 1.29 is 9.90 Å². The van der Waals surface area contributed by atoms with Gasteiger partial charge in [-0.1, -0.05) is 18.1 Å². The van der Waals surface area contributed by atoms with Crippen molar-refractivity contribution in [3.05, 3.63) is 29.3 Å². The summed E-state index contributed by atoms with van der Waals surface area (Å²) in [4.78, 5) is 13.7. The molecule has 0 saturated carbocycles. The molecule has 2 rings (SSSR count). The first-order valence-electron chi connectivity index (χ1n) is 7.40. The predicted octanol–water partition coefficient (Wildman–Crippen LogP) is 2.98. The van der Waals surface area contributed by atoms with Crippen LogP contribution in [0.15, 0.2) is 18.2 Å². The number of carboxylic acids is 1. The van der Waals surface area contributed by atoms with Crippen LogP contribution in [0.3, 0.4) is 0 Å². The van der Waals surface area contributed by atoms with Crippen molar-refractivity contribution in [2.75, 3.05) is 25.0 Å². The summed E-state index contributed by atoms with van der Waals surface area (Å²) < 4.78 is 0. The third-order valence-electron chi connectivity index (χ3n) is 4.01. The number of hydrogen-bond acceptors (Lipinski definition) is 3. The zero-order chi connectivity index (χ0) is 14.5. The number of likely N-dealkylation sites (tertiary alicyclic amines) is 1. The van der Waals surface area contributed by atoms with Crippen LogP contribution in [-0.2, 0) is 0 Å². The van der Waals surface area contributed by atoms with Crippen molar-refractivity contribution in [1.82, 2.24) is 4.90 Å². The third-order valence-corrected chi connectivity index (χ3v) is 4.01. The summed E-state index contributed by atoms with van der Waals surface area (Å²) in [5.74, 6) is -0.873. The van der Waals surface area contributed by atoms with E-state index in [2.05, 4.69) is 17.1 Å². The predicted molar refractivity (Wildman–Crippen MR) is 81.5 cm³/mol. The Bertz CT molecular complexity index is 468. The molecule has 4 nitrogen and oxygen atoms in total. The number of piperidine rings is 1. The van der Waals surface area contributed by atoms with Crippen molar-refractivity contribution in [2.24, 2.45) is 0 Å². The molecule has 1 aromatic rings. The zero-order valence-corrected chi connectivity index (χ0v) is 12.4. The Morgan fingerprint density at radius 3 is 2.70 bits per heavy atom. The minimum Gasteiger partial charge on any atom is -0.478 e. The van der Waals surface area contributed by atoms with Gasteiger partial charge in [0.05, 0.1) is 5.56 Å². The molecule has 20 heavy (non-hydrogen) atoms. The van der Waals surface area contributed by atoms with Crippen LogP contribution in [0, 0.1) is 6.92 Å². The van der Waals surface area contributed by atoms with E-state index in [9.17, 15) is 9.90 Å². The number of nitrogens with zero attached hydrogens (tertiary/aromatic N) is 1. The van der Waals surface area contributed by atoms with Crippen molar-refractivity contribution in [3.8, 4) is 0 Å². The molecule has 1 fully saturated rings. The molecule has 1 heterocycles. The number of rotatable bonds is 5. The molecule has 0 aromatic heterocycles. The number of aryl methyl sites for hydroxylation is 1. The van der Waals surface area contributed by atoms with E-state index in [1.807, 2.05) is 19.1 Å². The molecule has 1 aliphatic heterocycles. The maximum Gasteiger partial charge on any atom is 0.337 e. The fraction of sp³-hybridized carbons (Fsp3) is 0.562. The molecule has 4 heteroatoms. The van der Waals surface area contributed by atoms with Crippen molar-refractivity contribution in [3.63, 3.8) is 0 Å². The van der Waals surface area contributed by atoms with E-state index in [0.717, 1.165) is 25.2 Å². The lowest BCUT2D eigenvalue weighted by Gasteiger charge is -2.32. The largest absolute Gasteiger partial charge is 0.478 e. The second-order valence-corrected chi connectivity index (χ2v) is 5.68. The molecule has 1 aromatic carbocycles. The fourth-order valence-corrected chi connectivity index (χ4v) is 2.74. The van der Waals surface area contributed by atoms with Crippen LogP contribution in [0.1, 0.15) is 42.1 Å². The summed E-state index contributed by atoms with van der Waals surface area (Å²) in [6.07, 6.45) is 3.88. The maximum atomic E-state index is 11.3. The van der Waals surface area contributed by atoms with E-state index in [-0.39, 0.29) is 0 Å². The molecule has 1 aliphatic rings. The number of carbonyl (C=O) groups is 1. The van der Waals surface area contributed by atoms with Gasteiger partial charge in [0, 0.05) is 18.3 Å². The van der Waals surface area contributed by atoms with Crippen LogP contribution < -0.4 is 5.32 Å². The minimum absolute atomic E-state index is 0.357. The number of nitrogens with one attached hydrogen (secondary N) is 1. The van der Waals surface area contributed by atoms with Gasteiger partial charge in [-0.2, -0.15) is 0 Å². The summed E-state index contributed by atoms with van der Waals surface area (Å²) in [6, 6.07) is 5.95. The van der Waals surface area contributed by atoms with Crippen LogP contribution >= 0.6 is 0 Å². The molecule has 0 radical (unpaired) electrons. The minimum atomic E-state index is -0.873. The number of benzene rings is 1.